The minimum Gasteiger partial charge on any atom is -0.378 e. The molecular weight excluding hydrogens is 234 g/mol. The van der Waals surface area contributed by atoms with Crippen molar-refractivity contribution in [2.75, 3.05) is 19.7 Å². The van der Waals surface area contributed by atoms with Gasteiger partial charge in [0.1, 0.15) is 0 Å². The Morgan fingerprint density at radius 1 is 1.11 bits per heavy atom. The van der Waals surface area contributed by atoms with E-state index in [1.54, 1.807) is 0 Å². The highest BCUT2D eigenvalue weighted by molar-refractivity contribution is 4.78. The highest BCUT2D eigenvalue weighted by atomic mass is 16.5. The average molecular weight is 269 g/mol. The van der Waals surface area contributed by atoms with Crippen LogP contribution in [0, 0.1) is 11.3 Å². The Morgan fingerprint density at radius 3 is 2.42 bits per heavy atom. The summed E-state index contributed by atoms with van der Waals surface area (Å²) in [5.74, 6) is 0.763. The first-order valence-electron chi connectivity index (χ1n) is 8.32. The largest absolute Gasteiger partial charge is 0.378 e. The second kappa shape index (κ2) is 8.97. The molecule has 0 spiro atoms. The van der Waals surface area contributed by atoms with E-state index in [-0.39, 0.29) is 0 Å². The first-order valence-corrected chi connectivity index (χ1v) is 8.32. The lowest BCUT2D eigenvalue weighted by Gasteiger charge is -2.34. The summed E-state index contributed by atoms with van der Waals surface area (Å²) in [4.78, 5) is 0. The van der Waals surface area contributed by atoms with Gasteiger partial charge in [-0.05, 0) is 69.4 Å². The molecular formula is C17H35NO. The molecule has 0 aromatic carbocycles. The number of nitrogens with one attached hydrogen (secondary N) is 1. The number of unbranched alkanes of at least 4 members (excludes halogenated alkanes) is 2. The second-order valence-electron chi connectivity index (χ2n) is 7.39. The molecule has 0 radical (unpaired) electrons. The van der Waals surface area contributed by atoms with E-state index < -0.39 is 0 Å². The van der Waals surface area contributed by atoms with Crippen molar-refractivity contribution in [2.24, 2.45) is 11.3 Å². The third-order valence-electron chi connectivity index (χ3n) is 4.19. The molecule has 0 atom stereocenters. The van der Waals surface area contributed by atoms with E-state index in [2.05, 4.69) is 33.0 Å². The normalized spacial score (nSPS) is 20.1. The molecule has 1 fully saturated rings. The fraction of sp³-hybridized carbons (Fsp3) is 1.00. The number of ether oxygens (including phenoxy) is 1. The van der Waals surface area contributed by atoms with Crippen LogP contribution in [-0.4, -0.2) is 25.8 Å². The van der Waals surface area contributed by atoms with E-state index in [9.17, 15) is 0 Å². The van der Waals surface area contributed by atoms with Gasteiger partial charge in [-0.3, -0.25) is 0 Å². The summed E-state index contributed by atoms with van der Waals surface area (Å²) in [6, 6.07) is 0. The van der Waals surface area contributed by atoms with Gasteiger partial charge in [-0.25, -0.2) is 0 Å². The van der Waals surface area contributed by atoms with E-state index in [4.69, 9.17) is 4.74 Å². The molecule has 0 heterocycles. The Balaban J connectivity index is 1.86. The van der Waals surface area contributed by atoms with Crippen molar-refractivity contribution < 1.29 is 4.74 Å². The van der Waals surface area contributed by atoms with Crippen molar-refractivity contribution in [1.82, 2.24) is 5.32 Å². The van der Waals surface area contributed by atoms with Gasteiger partial charge in [-0.15, -0.1) is 0 Å². The van der Waals surface area contributed by atoms with E-state index in [1.807, 2.05) is 0 Å². The monoisotopic (exact) mass is 269 g/mol. The Kier molecular flexibility index (Phi) is 8.01. The van der Waals surface area contributed by atoms with Crippen LogP contribution >= 0.6 is 0 Å². The number of hydrogen-bond donors (Lipinski definition) is 1. The van der Waals surface area contributed by atoms with Crippen molar-refractivity contribution in [3.05, 3.63) is 0 Å². The van der Waals surface area contributed by atoms with Crippen LogP contribution in [0.5, 0.6) is 0 Å². The highest BCUT2D eigenvalue weighted by Crippen LogP contribution is 2.36. The Morgan fingerprint density at radius 2 is 1.79 bits per heavy atom. The molecule has 0 unspecified atom stereocenters. The van der Waals surface area contributed by atoms with Crippen LogP contribution in [-0.2, 0) is 4.74 Å². The van der Waals surface area contributed by atoms with E-state index in [1.165, 1.54) is 44.9 Å². The second-order valence-corrected chi connectivity index (χ2v) is 7.39. The molecule has 1 rings (SSSR count). The van der Waals surface area contributed by atoms with Crippen molar-refractivity contribution >= 4 is 0 Å². The molecule has 2 nitrogen and oxygen atoms in total. The predicted octanol–water partition coefficient (Wildman–Crippen LogP) is 4.39. The Hall–Kier alpha value is -0.0800. The molecule has 1 aliphatic rings. The first kappa shape index (κ1) is 17.0. The lowest BCUT2D eigenvalue weighted by Crippen LogP contribution is -2.26. The van der Waals surface area contributed by atoms with Crippen LogP contribution in [0.2, 0.25) is 0 Å². The molecule has 0 amide bonds. The zero-order valence-electron chi connectivity index (χ0n) is 13.6. The molecule has 19 heavy (non-hydrogen) atoms. The van der Waals surface area contributed by atoms with Gasteiger partial charge in [0, 0.05) is 6.61 Å². The quantitative estimate of drug-likeness (QED) is 0.627. The van der Waals surface area contributed by atoms with Crippen molar-refractivity contribution in [1.29, 1.82) is 0 Å². The van der Waals surface area contributed by atoms with Crippen molar-refractivity contribution in [2.45, 2.75) is 78.7 Å². The summed E-state index contributed by atoms with van der Waals surface area (Å²) in [6.45, 7) is 12.6. The molecule has 114 valence electrons. The average Bonchev–Trinajstić information content (AvgIpc) is 2.34. The zero-order chi connectivity index (χ0) is 14.1. The van der Waals surface area contributed by atoms with Crippen LogP contribution in [0.25, 0.3) is 0 Å². The minimum absolute atomic E-state index is 0.548. The highest BCUT2D eigenvalue weighted by Gasteiger charge is 2.26. The van der Waals surface area contributed by atoms with Gasteiger partial charge in [-0.2, -0.15) is 0 Å². The number of rotatable bonds is 9. The van der Waals surface area contributed by atoms with E-state index in [0.29, 0.717) is 11.5 Å². The van der Waals surface area contributed by atoms with Crippen LogP contribution in [0.3, 0.4) is 0 Å². The van der Waals surface area contributed by atoms with Crippen LogP contribution in [0.4, 0.5) is 0 Å². The van der Waals surface area contributed by atoms with Crippen LogP contribution < -0.4 is 5.32 Å². The van der Waals surface area contributed by atoms with E-state index in [0.717, 1.165) is 25.6 Å². The van der Waals surface area contributed by atoms with Gasteiger partial charge in [0.2, 0.25) is 0 Å². The van der Waals surface area contributed by atoms with Gasteiger partial charge in [0.25, 0.3) is 0 Å². The van der Waals surface area contributed by atoms with Gasteiger partial charge >= 0.3 is 0 Å². The topological polar surface area (TPSA) is 21.3 Å². The molecule has 0 bridgehead atoms. The fourth-order valence-corrected chi connectivity index (χ4v) is 2.71. The molecule has 0 saturated heterocycles. The molecule has 1 aliphatic carbocycles. The van der Waals surface area contributed by atoms with Crippen LogP contribution in [0.1, 0.15) is 72.6 Å². The first-order chi connectivity index (χ1) is 8.99. The maximum atomic E-state index is 6.00. The Bertz CT molecular complexity index is 215. The van der Waals surface area contributed by atoms with Gasteiger partial charge < -0.3 is 10.1 Å². The van der Waals surface area contributed by atoms with Crippen molar-refractivity contribution in [3.8, 4) is 0 Å². The molecule has 1 N–H and O–H groups in total. The zero-order valence-corrected chi connectivity index (χ0v) is 13.6. The SMILES string of the molecule is CC(C)CNCCCCCOC1CCC(C)(C)CC1. The summed E-state index contributed by atoms with van der Waals surface area (Å²) in [7, 11) is 0. The lowest BCUT2D eigenvalue weighted by molar-refractivity contribution is 0.00277. The molecule has 2 heteroatoms. The summed E-state index contributed by atoms with van der Waals surface area (Å²) < 4.78 is 6.00. The minimum atomic E-state index is 0.548. The number of hydrogen-bond acceptors (Lipinski definition) is 2. The lowest BCUT2D eigenvalue weighted by atomic mass is 9.76. The molecule has 1 saturated carbocycles. The summed E-state index contributed by atoms with van der Waals surface area (Å²) >= 11 is 0. The Labute approximate surface area is 120 Å². The summed E-state index contributed by atoms with van der Waals surface area (Å²) in [5, 5.41) is 3.49. The fourth-order valence-electron chi connectivity index (χ4n) is 2.71. The van der Waals surface area contributed by atoms with Crippen molar-refractivity contribution in [3.63, 3.8) is 0 Å². The summed E-state index contributed by atoms with van der Waals surface area (Å²) in [5.41, 5.74) is 0.557. The summed E-state index contributed by atoms with van der Waals surface area (Å²) in [6.07, 6.45) is 9.55. The van der Waals surface area contributed by atoms with Gasteiger partial charge in [0.05, 0.1) is 6.10 Å². The standard InChI is InChI=1S/C17H35NO/c1-15(2)14-18-12-6-5-7-13-19-16-8-10-17(3,4)11-9-16/h15-16,18H,5-14H2,1-4H3. The molecule has 0 aromatic rings. The van der Waals surface area contributed by atoms with Gasteiger partial charge in [-0.1, -0.05) is 27.7 Å². The molecule has 0 aliphatic heterocycles. The van der Waals surface area contributed by atoms with Crippen LogP contribution in [0.15, 0.2) is 0 Å². The maximum Gasteiger partial charge on any atom is 0.0575 e. The maximum absolute atomic E-state index is 6.00. The third-order valence-corrected chi connectivity index (χ3v) is 4.19. The van der Waals surface area contributed by atoms with E-state index >= 15 is 0 Å². The smallest absolute Gasteiger partial charge is 0.0575 e. The third kappa shape index (κ3) is 8.65. The van der Waals surface area contributed by atoms with Gasteiger partial charge in [0.15, 0.2) is 0 Å². The molecule has 0 aromatic heterocycles. The predicted molar refractivity (Wildman–Crippen MR) is 83.5 cm³/mol.